The molecule has 23 heavy (non-hydrogen) atoms. The van der Waals surface area contributed by atoms with Crippen molar-refractivity contribution in [1.29, 1.82) is 5.26 Å². The molecule has 2 unspecified atom stereocenters. The van der Waals surface area contributed by atoms with Gasteiger partial charge in [-0.1, -0.05) is 19.1 Å². The Kier molecular flexibility index (Phi) is 7.05. The van der Waals surface area contributed by atoms with Crippen LogP contribution in [-0.4, -0.2) is 24.3 Å². The van der Waals surface area contributed by atoms with Crippen molar-refractivity contribution in [1.82, 2.24) is 10.6 Å². The molecule has 2 atom stereocenters. The van der Waals surface area contributed by atoms with Crippen LogP contribution in [0.2, 0.25) is 0 Å². The quantitative estimate of drug-likeness (QED) is 0.842. The van der Waals surface area contributed by atoms with Gasteiger partial charge in [-0.3, -0.25) is 0 Å². The van der Waals surface area contributed by atoms with Crippen LogP contribution >= 0.6 is 0 Å². The Bertz CT molecular complexity index is 558. The summed E-state index contributed by atoms with van der Waals surface area (Å²) in [6, 6.07) is 9.91. The van der Waals surface area contributed by atoms with E-state index in [-0.39, 0.29) is 12.1 Å². The summed E-state index contributed by atoms with van der Waals surface area (Å²) in [5.41, 5.74) is 1.21. The fourth-order valence-electron chi connectivity index (χ4n) is 2.17. The fraction of sp³-hybridized carbons (Fsp3) is 0.556. The number of carbonyl (C=O) groups is 1. The fourth-order valence-corrected chi connectivity index (χ4v) is 2.17. The van der Waals surface area contributed by atoms with Crippen LogP contribution < -0.4 is 10.6 Å². The second kappa shape index (κ2) is 8.54. The number of amides is 1. The van der Waals surface area contributed by atoms with Gasteiger partial charge in [0.25, 0.3) is 0 Å². The number of hydrogen-bond donors (Lipinski definition) is 2. The molecule has 0 fully saturated rings. The topological polar surface area (TPSA) is 74.2 Å². The summed E-state index contributed by atoms with van der Waals surface area (Å²) in [6.45, 7) is 10.1. The SMILES string of the molecule is CCC(CNC(=O)OC(C)(C)C)NC(C)c1cccc(C#N)c1. The molecule has 126 valence electrons. The Morgan fingerprint density at radius 3 is 2.65 bits per heavy atom. The Morgan fingerprint density at radius 2 is 2.09 bits per heavy atom. The first-order valence-corrected chi connectivity index (χ1v) is 7.98. The summed E-state index contributed by atoms with van der Waals surface area (Å²) < 4.78 is 5.24. The summed E-state index contributed by atoms with van der Waals surface area (Å²) in [7, 11) is 0. The van der Waals surface area contributed by atoms with E-state index in [1.807, 2.05) is 45.9 Å². The molecule has 2 N–H and O–H groups in total. The maximum absolute atomic E-state index is 11.7. The Hall–Kier alpha value is -2.06. The van der Waals surface area contributed by atoms with Gasteiger partial charge in [0.15, 0.2) is 0 Å². The molecule has 1 aromatic carbocycles. The minimum absolute atomic E-state index is 0.0914. The van der Waals surface area contributed by atoms with Gasteiger partial charge in [0, 0.05) is 18.6 Å². The Morgan fingerprint density at radius 1 is 1.39 bits per heavy atom. The summed E-state index contributed by atoms with van der Waals surface area (Å²) in [6.07, 6.45) is 0.467. The largest absolute Gasteiger partial charge is 0.444 e. The molecule has 0 heterocycles. The maximum atomic E-state index is 11.7. The van der Waals surface area contributed by atoms with Crippen molar-refractivity contribution in [2.75, 3.05) is 6.54 Å². The normalized spacial score (nSPS) is 13.7. The molecule has 0 aromatic heterocycles. The van der Waals surface area contributed by atoms with Crippen molar-refractivity contribution in [2.45, 2.75) is 58.7 Å². The lowest BCUT2D eigenvalue weighted by atomic mass is 10.0. The number of rotatable bonds is 6. The number of nitrogens with zero attached hydrogens (tertiary/aromatic N) is 1. The average Bonchev–Trinajstić information content (AvgIpc) is 2.49. The third-order valence-electron chi connectivity index (χ3n) is 3.39. The lowest BCUT2D eigenvalue weighted by Gasteiger charge is -2.24. The molecule has 5 nitrogen and oxygen atoms in total. The van der Waals surface area contributed by atoms with Crippen LogP contribution in [0, 0.1) is 11.3 Å². The van der Waals surface area contributed by atoms with Crippen LogP contribution in [0.4, 0.5) is 4.79 Å². The van der Waals surface area contributed by atoms with Crippen LogP contribution in [0.3, 0.4) is 0 Å². The van der Waals surface area contributed by atoms with E-state index < -0.39 is 11.7 Å². The second-order valence-corrected chi connectivity index (χ2v) is 6.61. The number of benzene rings is 1. The lowest BCUT2D eigenvalue weighted by molar-refractivity contribution is 0.0521. The smallest absolute Gasteiger partial charge is 0.407 e. The molecule has 0 radical (unpaired) electrons. The third-order valence-corrected chi connectivity index (χ3v) is 3.39. The van der Waals surface area contributed by atoms with E-state index in [2.05, 4.69) is 23.6 Å². The molecule has 0 saturated heterocycles. The van der Waals surface area contributed by atoms with E-state index in [4.69, 9.17) is 10.00 Å². The van der Waals surface area contributed by atoms with E-state index in [1.54, 1.807) is 6.07 Å². The number of nitrogens with one attached hydrogen (secondary N) is 2. The van der Waals surface area contributed by atoms with Crippen LogP contribution in [0.15, 0.2) is 24.3 Å². The van der Waals surface area contributed by atoms with Crippen LogP contribution in [0.25, 0.3) is 0 Å². The van der Waals surface area contributed by atoms with E-state index in [0.717, 1.165) is 12.0 Å². The van der Waals surface area contributed by atoms with Crippen molar-refractivity contribution in [2.24, 2.45) is 0 Å². The zero-order chi connectivity index (χ0) is 17.5. The van der Waals surface area contributed by atoms with Gasteiger partial charge in [-0.2, -0.15) is 5.26 Å². The van der Waals surface area contributed by atoms with Gasteiger partial charge in [0.2, 0.25) is 0 Å². The molecule has 0 aliphatic carbocycles. The van der Waals surface area contributed by atoms with Gasteiger partial charge in [0.05, 0.1) is 11.6 Å². The summed E-state index contributed by atoms with van der Waals surface area (Å²) in [5, 5.41) is 15.2. The molecule has 1 rings (SSSR count). The third kappa shape index (κ3) is 7.16. The van der Waals surface area contributed by atoms with E-state index in [0.29, 0.717) is 12.1 Å². The molecule has 1 aromatic rings. The van der Waals surface area contributed by atoms with Gasteiger partial charge in [-0.05, 0) is 51.8 Å². The molecule has 0 aliphatic heterocycles. The average molecular weight is 317 g/mol. The van der Waals surface area contributed by atoms with E-state index in [9.17, 15) is 4.79 Å². The highest BCUT2D eigenvalue weighted by atomic mass is 16.6. The molecular weight excluding hydrogens is 290 g/mol. The summed E-state index contributed by atoms with van der Waals surface area (Å²) in [5.74, 6) is 0. The lowest BCUT2D eigenvalue weighted by Crippen LogP contribution is -2.43. The first-order chi connectivity index (χ1) is 10.7. The first kappa shape index (κ1) is 19.0. The molecule has 0 bridgehead atoms. The molecule has 0 saturated carbocycles. The van der Waals surface area contributed by atoms with Gasteiger partial charge < -0.3 is 15.4 Å². The molecular formula is C18H27N3O2. The van der Waals surface area contributed by atoms with E-state index in [1.165, 1.54) is 0 Å². The van der Waals surface area contributed by atoms with Gasteiger partial charge in [-0.25, -0.2) is 4.79 Å². The summed E-state index contributed by atoms with van der Waals surface area (Å²) in [4.78, 5) is 11.7. The number of carbonyl (C=O) groups excluding carboxylic acids is 1. The molecule has 1 amide bonds. The predicted octanol–water partition coefficient (Wildman–Crippen LogP) is 3.51. The number of alkyl carbamates (subject to hydrolysis) is 1. The number of ether oxygens (including phenoxy) is 1. The molecule has 5 heteroatoms. The number of nitriles is 1. The van der Waals surface area contributed by atoms with Gasteiger partial charge >= 0.3 is 6.09 Å². The highest BCUT2D eigenvalue weighted by Crippen LogP contribution is 2.15. The van der Waals surface area contributed by atoms with E-state index >= 15 is 0 Å². The Balaban J connectivity index is 2.55. The zero-order valence-corrected chi connectivity index (χ0v) is 14.6. The summed E-state index contributed by atoms with van der Waals surface area (Å²) >= 11 is 0. The van der Waals surface area contributed by atoms with Crippen LogP contribution in [0.1, 0.15) is 58.2 Å². The monoisotopic (exact) mass is 317 g/mol. The number of hydrogen-bond acceptors (Lipinski definition) is 4. The minimum Gasteiger partial charge on any atom is -0.444 e. The minimum atomic E-state index is -0.496. The molecule has 0 spiro atoms. The maximum Gasteiger partial charge on any atom is 0.407 e. The second-order valence-electron chi connectivity index (χ2n) is 6.61. The van der Waals surface area contributed by atoms with Gasteiger partial charge in [0.1, 0.15) is 5.60 Å². The molecule has 0 aliphatic rings. The van der Waals surface area contributed by atoms with Crippen LogP contribution in [-0.2, 0) is 4.74 Å². The highest BCUT2D eigenvalue weighted by Gasteiger charge is 2.18. The highest BCUT2D eigenvalue weighted by molar-refractivity contribution is 5.67. The Labute approximate surface area is 139 Å². The van der Waals surface area contributed by atoms with Crippen molar-refractivity contribution < 1.29 is 9.53 Å². The van der Waals surface area contributed by atoms with Crippen molar-refractivity contribution in [3.8, 4) is 6.07 Å². The first-order valence-electron chi connectivity index (χ1n) is 7.98. The van der Waals surface area contributed by atoms with Gasteiger partial charge in [-0.15, -0.1) is 0 Å². The zero-order valence-electron chi connectivity index (χ0n) is 14.6. The predicted molar refractivity (Wildman–Crippen MR) is 91.0 cm³/mol. The standard InChI is InChI=1S/C18H27N3O2/c1-6-16(12-20-17(22)23-18(3,4)5)21-13(2)15-9-7-8-14(10-15)11-19/h7-10,13,16,21H,6,12H2,1-5H3,(H,20,22). The van der Waals surface area contributed by atoms with Crippen LogP contribution in [0.5, 0.6) is 0 Å². The van der Waals surface area contributed by atoms with Crippen molar-refractivity contribution >= 4 is 6.09 Å². The van der Waals surface area contributed by atoms with Crippen molar-refractivity contribution in [3.63, 3.8) is 0 Å². The van der Waals surface area contributed by atoms with Crippen molar-refractivity contribution in [3.05, 3.63) is 35.4 Å².